The van der Waals surface area contributed by atoms with Gasteiger partial charge in [0.1, 0.15) is 11.4 Å². The maximum atomic E-state index is 4.45. The minimum absolute atomic E-state index is 0.0345. The Morgan fingerprint density at radius 3 is 1.90 bits per heavy atom. The summed E-state index contributed by atoms with van der Waals surface area (Å²) in [5, 5.41) is 0. The summed E-state index contributed by atoms with van der Waals surface area (Å²) < 4.78 is 2.08. The molecule has 1 heterocycles. The van der Waals surface area contributed by atoms with Gasteiger partial charge in [-0.2, -0.15) is 0 Å². The summed E-state index contributed by atoms with van der Waals surface area (Å²) in [7, 11) is 6.61. The topological polar surface area (TPSA) is 7.12 Å². The molecule has 0 aliphatic heterocycles. The zero-order chi connectivity index (χ0) is 21.8. The van der Waals surface area contributed by atoms with Crippen molar-refractivity contribution < 1.29 is 4.57 Å². The molecule has 1 aromatic heterocycles. The van der Waals surface area contributed by atoms with Crippen molar-refractivity contribution in [3.8, 4) is 11.3 Å². The van der Waals surface area contributed by atoms with Gasteiger partial charge in [-0.05, 0) is 46.9 Å². The number of hydrogen-bond donors (Lipinski definition) is 0. The van der Waals surface area contributed by atoms with Crippen molar-refractivity contribution in [1.29, 1.82) is 0 Å². The van der Waals surface area contributed by atoms with Crippen molar-refractivity contribution >= 4 is 5.69 Å². The fourth-order valence-corrected chi connectivity index (χ4v) is 4.13. The van der Waals surface area contributed by atoms with Gasteiger partial charge in [0.25, 0.3) is 0 Å². The van der Waals surface area contributed by atoms with Crippen molar-refractivity contribution in [3.05, 3.63) is 127 Å². The lowest BCUT2D eigenvalue weighted by atomic mass is 9.98. The third kappa shape index (κ3) is 4.34. The Labute approximate surface area is 186 Å². The lowest BCUT2D eigenvalue weighted by Gasteiger charge is -2.32. The second-order valence-electron chi connectivity index (χ2n) is 8.30. The van der Waals surface area contributed by atoms with Crippen LogP contribution in [0.2, 0.25) is 0 Å². The maximum Gasteiger partial charge on any atom is 0.112 e. The van der Waals surface area contributed by atoms with Gasteiger partial charge in [0.05, 0.1) is 6.04 Å². The first-order valence-electron chi connectivity index (χ1n) is 10.8. The van der Waals surface area contributed by atoms with E-state index >= 15 is 0 Å². The molecule has 0 bridgehead atoms. The molecule has 0 aliphatic carbocycles. The molecule has 0 aliphatic rings. The third-order valence-corrected chi connectivity index (χ3v) is 5.94. The molecule has 0 N–H and O–H groups in total. The normalized spacial score (nSPS) is 12.0. The molecule has 1 unspecified atom stereocenters. The van der Waals surface area contributed by atoms with E-state index in [0.717, 1.165) is 17.0 Å². The molecule has 31 heavy (non-hydrogen) atoms. The highest BCUT2D eigenvalue weighted by Gasteiger charge is 2.23. The standard InChI is InChI=1S/C29H30N2/c1-22(2)23-18-20-26(21-19-23)30(3)29(25-14-9-6-10-15-25)28-17-11-16-27(31(28)4)24-12-7-5-8-13-24/h5-22,29H,4H2,1-3H3. The number of pyridine rings is 1. The first-order chi connectivity index (χ1) is 15.1. The molecule has 0 fully saturated rings. The molecule has 156 valence electrons. The van der Waals surface area contributed by atoms with Crippen LogP contribution >= 0.6 is 0 Å². The predicted octanol–water partition coefficient (Wildman–Crippen LogP) is 6.63. The minimum atomic E-state index is 0.0345. The van der Waals surface area contributed by atoms with E-state index in [1.807, 2.05) is 6.07 Å². The van der Waals surface area contributed by atoms with Crippen LogP contribution in [-0.4, -0.2) is 7.05 Å². The van der Waals surface area contributed by atoms with Crippen LogP contribution in [0.1, 0.15) is 42.6 Å². The van der Waals surface area contributed by atoms with E-state index < -0.39 is 0 Å². The van der Waals surface area contributed by atoms with Crippen LogP contribution in [0.5, 0.6) is 0 Å². The molecule has 4 aromatic rings. The van der Waals surface area contributed by atoms with Gasteiger partial charge in [-0.3, -0.25) is 0 Å². The summed E-state index contributed by atoms with van der Waals surface area (Å²) in [5.74, 6) is 0.522. The molecule has 0 spiro atoms. The van der Waals surface area contributed by atoms with E-state index in [0.29, 0.717) is 5.92 Å². The molecular formula is C29H30N2. The Bertz CT molecular complexity index is 1120. The van der Waals surface area contributed by atoms with Crippen molar-refractivity contribution in [1.82, 2.24) is 0 Å². The Balaban J connectivity index is 1.82. The van der Waals surface area contributed by atoms with Crippen LogP contribution in [0.3, 0.4) is 0 Å². The molecule has 0 saturated heterocycles. The Morgan fingerprint density at radius 2 is 1.29 bits per heavy atom. The number of rotatable bonds is 6. The fraction of sp³-hybridized carbons (Fsp3) is 0.172. The summed E-state index contributed by atoms with van der Waals surface area (Å²) in [6.07, 6.45) is 0. The lowest BCUT2D eigenvalue weighted by Crippen LogP contribution is -2.40. The minimum Gasteiger partial charge on any atom is -0.368 e. The highest BCUT2D eigenvalue weighted by molar-refractivity contribution is 5.57. The number of hydrogen-bond acceptors (Lipinski definition) is 1. The highest BCUT2D eigenvalue weighted by atomic mass is 15.2. The van der Waals surface area contributed by atoms with Crippen LogP contribution in [0, 0.1) is 7.05 Å². The SMILES string of the molecule is [CH2-][n+]1c(-c2ccccc2)cccc1C(c1ccccc1)N(C)c1ccc(C(C)C)cc1. The molecule has 2 nitrogen and oxygen atoms in total. The van der Waals surface area contributed by atoms with Gasteiger partial charge in [-0.15, -0.1) is 0 Å². The first-order valence-corrected chi connectivity index (χ1v) is 10.8. The number of aromatic nitrogens is 1. The fourth-order valence-electron chi connectivity index (χ4n) is 4.13. The highest BCUT2D eigenvalue weighted by Crippen LogP contribution is 2.32. The molecule has 0 amide bonds. The molecule has 0 saturated carbocycles. The van der Waals surface area contributed by atoms with Crippen LogP contribution < -0.4 is 9.47 Å². The predicted molar refractivity (Wildman–Crippen MR) is 130 cm³/mol. The quantitative estimate of drug-likeness (QED) is 0.257. The molecule has 0 radical (unpaired) electrons. The Hall–Kier alpha value is -3.52. The zero-order valence-corrected chi connectivity index (χ0v) is 18.6. The second kappa shape index (κ2) is 9.09. The largest absolute Gasteiger partial charge is 0.368 e. The van der Waals surface area contributed by atoms with E-state index in [4.69, 9.17) is 0 Å². The zero-order valence-electron chi connectivity index (χ0n) is 18.6. The molecule has 1 atom stereocenters. The van der Waals surface area contributed by atoms with E-state index in [-0.39, 0.29) is 6.04 Å². The van der Waals surface area contributed by atoms with Gasteiger partial charge in [0.2, 0.25) is 0 Å². The Morgan fingerprint density at radius 1 is 0.677 bits per heavy atom. The van der Waals surface area contributed by atoms with Crippen LogP contribution in [0.25, 0.3) is 11.3 Å². The number of nitrogens with zero attached hydrogens (tertiary/aromatic N) is 2. The van der Waals surface area contributed by atoms with E-state index in [1.54, 1.807) is 0 Å². The molecular weight excluding hydrogens is 376 g/mol. The van der Waals surface area contributed by atoms with E-state index in [2.05, 4.69) is 134 Å². The molecule has 3 aromatic carbocycles. The average Bonchev–Trinajstić information content (AvgIpc) is 2.81. The van der Waals surface area contributed by atoms with Crippen LogP contribution in [0.4, 0.5) is 5.69 Å². The molecule has 2 heteroatoms. The number of benzene rings is 3. The Kier molecular flexibility index (Phi) is 6.08. The summed E-state index contributed by atoms with van der Waals surface area (Å²) >= 11 is 0. The van der Waals surface area contributed by atoms with Gasteiger partial charge in [0, 0.05) is 19.8 Å². The summed E-state index contributed by atoms with van der Waals surface area (Å²) in [6, 6.07) is 36.5. The summed E-state index contributed by atoms with van der Waals surface area (Å²) in [5.41, 5.74) is 7.18. The van der Waals surface area contributed by atoms with Crippen molar-refractivity contribution in [2.45, 2.75) is 25.8 Å². The third-order valence-electron chi connectivity index (χ3n) is 5.94. The smallest absolute Gasteiger partial charge is 0.112 e. The van der Waals surface area contributed by atoms with Crippen LogP contribution in [0.15, 0.2) is 103 Å². The summed E-state index contributed by atoms with van der Waals surface area (Å²) in [4.78, 5) is 2.34. The molecule has 4 rings (SSSR count). The van der Waals surface area contributed by atoms with Crippen molar-refractivity contribution in [2.75, 3.05) is 11.9 Å². The van der Waals surface area contributed by atoms with Gasteiger partial charge in [0.15, 0.2) is 0 Å². The van der Waals surface area contributed by atoms with Gasteiger partial charge in [-0.25, -0.2) is 0 Å². The van der Waals surface area contributed by atoms with Gasteiger partial charge in [-0.1, -0.05) is 92.7 Å². The van der Waals surface area contributed by atoms with Gasteiger partial charge >= 0.3 is 0 Å². The second-order valence-corrected chi connectivity index (χ2v) is 8.30. The first kappa shape index (κ1) is 20.7. The van der Waals surface area contributed by atoms with Crippen molar-refractivity contribution in [3.63, 3.8) is 0 Å². The van der Waals surface area contributed by atoms with E-state index in [1.165, 1.54) is 16.8 Å². The lowest BCUT2D eigenvalue weighted by molar-refractivity contribution is -0.610. The average molecular weight is 407 g/mol. The number of anilines is 1. The van der Waals surface area contributed by atoms with Crippen LogP contribution in [-0.2, 0) is 0 Å². The van der Waals surface area contributed by atoms with Gasteiger partial charge < -0.3 is 9.47 Å². The monoisotopic (exact) mass is 406 g/mol. The maximum absolute atomic E-state index is 4.45. The van der Waals surface area contributed by atoms with Crippen molar-refractivity contribution in [2.24, 2.45) is 0 Å². The van der Waals surface area contributed by atoms with E-state index in [9.17, 15) is 0 Å². The summed E-state index contributed by atoms with van der Waals surface area (Å²) in [6.45, 7) is 4.46.